The maximum absolute atomic E-state index is 13.1. The molecule has 0 aliphatic carbocycles. The number of nitrogens with one attached hydrogen (secondary N) is 3. The molecule has 0 bridgehead atoms. The van der Waals surface area contributed by atoms with Crippen molar-refractivity contribution in [1.29, 1.82) is 0 Å². The molecule has 3 N–H and O–H groups in total. The number of benzene rings is 2. The van der Waals surface area contributed by atoms with Crippen molar-refractivity contribution in [3.05, 3.63) is 79.4 Å². The summed E-state index contributed by atoms with van der Waals surface area (Å²) in [5.74, 6) is 0. The SMILES string of the molecule is O=C(Nc1ccc(-n2cnc3c4c(ccc3c2=O)NCC4)cc1)NS(=O)C1=CCC=C(Cl)S1. The Labute approximate surface area is 200 Å². The van der Waals surface area contributed by atoms with Gasteiger partial charge in [0.2, 0.25) is 0 Å². The highest BCUT2D eigenvalue weighted by molar-refractivity contribution is 8.19. The molecule has 3 heterocycles. The van der Waals surface area contributed by atoms with Crippen molar-refractivity contribution in [1.82, 2.24) is 14.3 Å². The average molecular weight is 500 g/mol. The first kappa shape index (κ1) is 21.7. The summed E-state index contributed by atoms with van der Waals surface area (Å²) < 4.78 is 17.2. The summed E-state index contributed by atoms with van der Waals surface area (Å²) in [5, 5.41) is 6.49. The van der Waals surface area contributed by atoms with Crippen LogP contribution in [0.2, 0.25) is 0 Å². The van der Waals surface area contributed by atoms with E-state index in [1.807, 2.05) is 6.07 Å². The summed E-state index contributed by atoms with van der Waals surface area (Å²) in [6.07, 6.45) is 6.49. The average Bonchev–Trinajstić information content (AvgIpc) is 3.29. The standard InChI is InChI=1S/C22H18ClN5O3S2/c23-18-2-1-3-19(32-18)33(31)27-22(30)26-13-4-6-14(7-5-13)28-12-25-20-15-10-11-24-17(15)9-8-16(20)21(28)29/h2-9,12,24H,1,10-11H2,(H2,26,27,30). The summed E-state index contributed by atoms with van der Waals surface area (Å²) in [5.41, 5.74) is 3.77. The van der Waals surface area contributed by atoms with Crippen molar-refractivity contribution in [2.24, 2.45) is 0 Å². The van der Waals surface area contributed by atoms with E-state index in [2.05, 4.69) is 20.3 Å². The first-order valence-electron chi connectivity index (χ1n) is 10.1. The molecule has 0 saturated carbocycles. The number of urea groups is 1. The number of rotatable bonds is 4. The molecule has 33 heavy (non-hydrogen) atoms. The van der Waals surface area contributed by atoms with E-state index >= 15 is 0 Å². The Bertz CT molecular complexity index is 1420. The van der Waals surface area contributed by atoms with Gasteiger partial charge in [-0.3, -0.25) is 14.1 Å². The van der Waals surface area contributed by atoms with Gasteiger partial charge in [-0.15, -0.1) is 0 Å². The highest BCUT2D eigenvalue weighted by Gasteiger charge is 2.18. The second-order valence-electron chi connectivity index (χ2n) is 7.33. The summed E-state index contributed by atoms with van der Waals surface area (Å²) in [6, 6.07) is 9.84. The fourth-order valence-electron chi connectivity index (χ4n) is 3.72. The first-order valence-corrected chi connectivity index (χ1v) is 12.4. The number of thioether (sulfide) groups is 1. The molecular weight excluding hydrogens is 482 g/mol. The van der Waals surface area contributed by atoms with Gasteiger partial charge in [-0.25, -0.2) is 14.0 Å². The van der Waals surface area contributed by atoms with E-state index in [1.54, 1.807) is 42.5 Å². The third-order valence-electron chi connectivity index (χ3n) is 5.26. The molecule has 0 spiro atoms. The minimum absolute atomic E-state index is 0.158. The van der Waals surface area contributed by atoms with Gasteiger partial charge < -0.3 is 10.6 Å². The van der Waals surface area contributed by atoms with E-state index in [4.69, 9.17) is 11.6 Å². The lowest BCUT2D eigenvalue weighted by molar-refractivity contribution is 0.257. The number of aromatic nitrogens is 2. The van der Waals surface area contributed by atoms with Gasteiger partial charge in [0.15, 0.2) is 11.0 Å². The van der Waals surface area contributed by atoms with Gasteiger partial charge in [0.25, 0.3) is 5.56 Å². The predicted molar refractivity (Wildman–Crippen MR) is 134 cm³/mol. The Balaban J connectivity index is 1.30. The maximum atomic E-state index is 13.1. The van der Waals surface area contributed by atoms with Crippen molar-refractivity contribution in [2.45, 2.75) is 12.8 Å². The molecule has 2 aliphatic rings. The molecule has 0 radical (unpaired) electrons. The summed E-state index contributed by atoms with van der Waals surface area (Å²) in [4.78, 5) is 29.8. The fraction of sp³-hybridized carbons (Fsp3) is 0.136. The zero-order valence-corrected chi connectivity index (χ0v) is 19.5. The number of carbonyl (C=O) groups excluding carboxylic acids is 1. The summed E-state index contributed by atoms with van der Waals surface area (Å²) in [7, 11) is -1.70. The van der Waals surface area contributed by atoms with E-state index in [1.165, 1.54) is 10.9 Å². The molecule has 0 saturated heterocycles. The van der Waals surface area contributed by atoms with Crippen molar-refractivity contribution >= 4 is 62.7 Å². The highest BCUT2D eigenvalue weighted by atomic mass is 35.5. The predicted octanol–water partition coefficient (Wildman–Crippen LogP) is 4.20. The number of anilines is 2. The monoisotopic (exact) mass is 499 g/mol. The number of carbonyl (C=O) groups is 1. The number of hydrogen-bond acceptors (Lipinski definition) is 6. The van der Waals surface area contributed by atoms with Crippen LogP contribution in [0.5, 0.6) is 0 Å². The van der Waals surface area contributed by atoms with Crippen molar-refractivity contribution in [3.8, 4) is 5.69 Å². The molecule has 0 fully saturated rings. The molecule has 1 aromatic heterocycles. The number of hydrogen-bond donors (Lipinski definition) is 3. The summed E-state index contributed by atoms with van der Waals surface area (Å²) in [6.45, 7) is 0.843. The molecule has 168 valence electrons. The number of nitrogens with zero attached hydrogens (tertiary/aromatic N) is 2. The zero-order valence-electron chi connectivity index (χ0n) is 17.1. The van der Waals surface area contributed by atoms with Crippen LogP contribution in [0.4, 0.5) is 16.2 Å². The molecule has 11 heteroatoms. The third kappa shape index (κ3) is 4.41. The minimum atomic E-state index is -1.70. The lowest BCUT2D eigenvalue weighted by atomic mass is 10.1. The Morgan fingerprint density at radius 3 is 2.79 bits per heavy atom. The van der Waals surface area contributed by atoms with Gasteiger partial charge >= 0.3 is 6.03 Å². The van der Waals surface area contributed by atoms with Crippen LogP contribution in [0.3, 0.4) is 0 Å². The van der Waals surface area contributed by atoms with Gasteiger partial charge in [0.1, 0.15) is 6.33 Å². The van der Waals surface area contributed by atoms with Gasteiger partial charge in [0, 0.05) is 23.5 Å². The molecule has 5 rings (SSSR count). The topological polar surface area (TPSA) is 105 Å². The third-order valence-corrected chi connectivity index (χ3v) is 7.98. The van der Waals surface area contributed by atoms with Gasteiger partial charge in [-0.05, 0) is 49.2 Å². The second-order valence-corrected chi connectivity index (χ2v) is 10.5. The molecule has 2 aliphatic heterocycles. The normalized spacial score (nSPS) is 15.8. The number of amides is 2. The van der Waals surface area contributed by atoms with Crippen molar-refractivity contribution < 1.29 is 9.00 Å². The van der Waals surface area contributed by atoms with E-state index < -0.39 is 17.0 Å². The molecular formula is C22H18ClN5O3S2. The number of fused-ring (bicyclic) bond motifs is 3. The second kappa shape index (κ2) is 9.05. The van der Waals surface area contributed by atoms with Crippen LogP contribution < -0.4 is 20.9 Å². The van der Waals surface area contributed by atoms with Crippen molar-refractivity contribution in [3.63, 3.8) is 0 Å². The summed E-state index contributed by atoms with van der Waals surface area (Å²) >= 11 is 7.10. The van der Waals surface area contributed by atoms with E-state index in [9.17, 15) is 13.8 Å². The Kier molecular flexibility index (Phi) is 5.96. The van der Waals surface area contributed by atoms with Crippen LogP contribution in [0.1, 0.15) is 12.0 Å². The molecule has 3 aromatic rings. The van der Waals surface area contributed by atoms with E-state index in [0.29, 0.717) is 31.8 Å². The maximum Gasteiger partial charge on any atom is 0.331 e. The van der Waals surface area contributed by atoms with Gasteiger partial charge in [-0.1, -0.05) is 35.5 Å². The quantitative estimate of drug-likeness (QED) is 0.497. The number of halogens is 1. The Morgan fingerprint density at radius 2 is 2.00 bits per heavy atom. The fourth-order valence-corrected chi connectivity index (χ4v) is 6.01. The molecule has 2 amide bonds. The minimum Gasteiger partial charge on any atom is -0.384 e. The number of allylic oxidation sites excluding steroid dienone is 2. The van der Waals surface area contributed by atoms with E-state index in [0.717, 1.165) is 41.5 Å². The van der Waals surface area contributed by atoms with Crippen LogP contribution in [-0.4, -0.2) is 26.3 Å². The lowest BCUT2D eigenvalue weighted by Crippen LogP contribution is -2.30. The highest BCUT2D eigenvalue weighted by Crippen LogP contribution is 2.34. The zero-order chi connectivity index (χ0) is 22.9. The van der Waals surface area contributed by atoms with Crippen LogP contribution >= 0.6 is 23.4 Å². The molecule has 2 aromatic carbocycles. The van der Waals surface area contributed by atoms with Crippen molar-refractivity contribution in [2.75, 3.05) is 17.2 Å². The van der Waals surface area contributed by atoms with Gasteiger partial charge in [-0.2, -0.15) is 0 Å². The van der Waals surface area contributed by atoms with Crippen LogP contribution in [-0.2, 0) is 17.4 Å². The van der Waals surface area contributed by atoms with Gasteiger partial charge in [0.05, 0.1) is 25.2 Å². The van der Waals surface area contributed by atoms with Crippen LogP contribution in [0.25, 0.3) is 16.6 Å². The Hall–Kier alpha value is -3.08. The molecule has 8 nitrogen and oxygen atoms in total. The van der Waals surface area contributed by atoms with E-state index in [-0.39, 0.29) is 5.56 Å². The van der Waals surface area contributed by atoms with Crippen LogP contribution in [0, 0.1) is 0 Å². The molecule has 1 atom stereocenters. The molecule has 1 unspecified atom stereocenters. The van der Waals surface area contributed by atoms with Crippen LogP contribution in [0.15, 0.2) is 68.3 Å². The first-order chi connectivity index (χ1) is 16.0. The smallest absolute Gasteiger partial charge is 0.331 e. The lowest BCUT2D eigenvalue weighted by Gasteiger charge is -2.12. The Morgan fingerprint density at radius 1 is 1.18 bits per heavy atom. The largest absolute Gasteiger partial charge is 0.384 e.